The first-order valence-corrected chi connectivity index (χ1v) is 11.5. The van der Waals surface area contributed by atoms with Crippen LogP contribution >= 0.6 is 0 Å². The Morgan fingerprint density at radius 2 is 1.97 bits per heavy atom. The molecule has 0 aromatic heterocycles. The molecule has 1 N–H and O–H groups in total. The van der Waals surface area contributed by atoms with Crippen molar-refractivity contribution in [3.8, 4) is 6.07 Å². The van der Waals surface area contributed by atoms with Crippen molar-refractivity contribution in [3.63, 3.8) is 0 Å². The van der Waals surface area contributed by atoms with E-state index in [1.165, 1.54) is 16.7 Å². The lowest BCUT2D eigenvalue weighted by Gasteiger charge is -2.35. The van der Waals surface area contributed by atoms with Gasteiger partial charge in [-0.05, 0) is 74.6 Å². The zero-order valence-corrected chi connectivity index (χ0v) is 18.7. The normalized spacial score (nSPS) is 19.0. The van der Waals surface area contributed by atoms with Crippen LogP contribution in [-0.4, -0.2) is 30.9 Å². The van der Waals surface area contributed by atoms with Crippen molar-refractivity contribution < 1.29 is 4.79 Å². The molecule has 0 spiro atoms. The van der Waals surface area contributed by atoms with Crippen molar-refractivity contribution in [3.05, 3.63) is 34.9 Å². The molecular formula is C25H39N3O. The van der Waals surface area contributed by atoms with Crippen LogP contribution in [0.25, 0.3) is 0 Å². The molecule has 2 rings (SSSR count). The monoisotopic (exact) mass is 397 g/mol. The third kappa shape index (κ3) is 7.16. The van der Waals surface area contributed by atoms with Gasteiger partial charge in [0, 0.05) is 32.5 Å². The highest BCUT2D eigenvalue weighted by molar-refractivity contribution is 5.76. The van der Waals surface area contributed by atoms with Crippen LogP contribution in [0, 0.1) is 11.3 Å². The fraction of sp³-hybridized carbons (Fsp3) is 0.680. The zero-order chi connectivity index (χ0) is 21.1. The number of nitrogens with zero attached hydrogens (tertiary/aromatic N) is 2. The number of nitrogens with one attached hydrogen (secondary N) is 1. The fourth-order valence-electron chi connectivity index (χ4n) is 4.61. The highest BCUT2D eigenvalue weighted by Crippen LogP contribution is 2.36. The van der Waals surface area contributed by atoms with Crippen molar-refractivity contribution in [2.75, 3.05) is 14.1 Å². The van der Waals surface area contributed by atoms with Crippen molar-refractivity contribution >= 4 is 5.91 Å². The number of benzene rings is 1. The maximum atomic E-state index is 12.5. The molecule has 1 amide bonds. The number of carbonyl (C=O) groups excluding carboxylic acids is 1. The molecule has 1 fully saturated rings. The van der Waals surface area contributed by atoms with Crippen molar-refractivity contribution in [2.24, 2.45) is 0 Å². The Bertz CT molecular complexity index is 671. The van der Waals surface area contributed by atoms with E-state index < -0.39 is 0 Å². The van der Waals surface area contributed by atoms with E-state index in [9.17, 15) is 4.79 Å². The van der Waals surface area contributed by atoms with Crippen LogP contribution in [0.4, 0.5) is 0 Å². The van der Waals surface area contributed by atoms with Crippen LogP contribution in [-0.2, 0) is 17.8 Å². The quantitative estimate of drug-likeness (QED) is 0.514. The van der Waals surface area contributed by atoms with Gasteiger partial charge in [-0.3, -0.25) is 4.79 Å². The SMILES string of the molecule is CCCCCC(=O)N(C)C1CCC(c2ccc(CCCC#N)cc2CNC)CC1. The van der Waals surface area contributed by atoms with E-state index in [2.05, 4.69) is 36.5 Å². The van der Waals surface area contributed by atoms with Gasteiger partial charge in [-0.25, -0.2) is 0 Å². The molecule has 0 unspecified atom stereocenters. The molecule has 1 aromatic rings. The number of hydrogen-bond acceptors (Lipinski definition) is 3. The molecule has 0 atom stereocenters. The van der Waals surface area contributed by atoms with E-state index in [-0.39, 0.29) is 0 Å². The molecule has 4 heteroatoms. The summed E-state index contributed by atoms with van der Waals surface area (Å²) in [5.74, 6) is 0.908. The van der Waals surface area contributed by atoms with Gasteiger partial charge in [0.15, 0.2) is 0 Å². The fourth-order valence-corrected chi connectivity index (χ4v) is 4.61. The largest absolute Gasteiger partial charge is 0.343 e. The van der Waals surface area contributed by atoms with Crippen LogP contribution in [0.3, 0.4) is 0 Å². The smallest absolute Gasteiger partial charge is 0.222 e. The molecular weight excluding hydrogens is 358 g/mol. The number of amides is 1. The highest BCUT2D eigenvalue weighted by atomic mass is 16.2. The second kappa shape index (κ2) is 12.6. The van der Waals surface area contributed by atoms with Crippen LogP contribution in [0.15, 0.2) is 18.2 Å². The number of nitriles is 1. The van der Waals surface area contributed by atoms with Gasteiger partial charge in [0.2, 0.25) is 5.91 Å². The van der Waals surface area contributed by atoms with Crippen molar-refractivity contribution in [2.45, 2.75) is 96.1 Å². The number of aryl methyl sites for hydroxylation is 1. The van der Waals surface area contributed by atoms with Gasteiger partial charge >= 0.3 is 0 Å². The van der Waals surface area contributed by atoms with Gasteiger partial charge in [0.1, 0.15) is 0 Å². The van der Waals surface area contributed by atoms with E-state index in [4.69, 9.17) is 5.26 Å². The number of carbonyl (C=O) groups is 1. The summed E-state index contributed by atoms with van der Waals surface area (Å²) in [6.45, 7) is 3.06. The van der Waals surface area contributed by atoms with E-state index >= 15 is 0 Å². The molecule has 0 bridgehead atoms. The first-order valence-electron chi connectivity index (χ1n) is 11.5. The van der Waals surface area contributed by atoms with Crippen molar-refractivity contribution in [1.82, 2.24) is 10.2 Å². The topological polar surface area (TPSA) is 56.1 Å². The third-order valence-corrected chi connectivity index (χ3v) is 6.40. The summed E-state index contributed by atoms with van der Waals surface area (Å²) in [6.07, 6.45) is 11.1. The molecule has 0 heterocycles. The standard InChI is InChI=1S/C25H39N3O/c1-4-5-6-10-25(29)28(3)23-14-12-21(13-15-23)24-16-11-20(9-7-8-17-26)18-22(24)19-27-2/h11,16,18,21,23,27H,4-10,12-15,19H2,1-3H3. The van der Waals surface area contributed by atoms with E-state index in [1.54, 1.807) is 0 Å². The first-order chi connectivity index (χ1) is 14.1. The summed E-state index contributed by atoms with van der Waals surface area (Å²) < 4.78 is 0. The second-order valence-corrected chi connectivity index (χ2v) is 8.54. The molecule has 0 saturated heterocycles. The second-order valence-electron chi connectivity index (χ2n) is 8.54. The summed E-state index contributed by atoms with van der Waals surface area (Å²) >= 11 is 0. The lowest BCUT2D eigenvalue weighted by atomic mass is 9.79. The van der Waals surface area contributed by atoms with Crippen LogP contribution in [0.2, 0.25) is 0 Å². The zero-order valence-electron chi connectivity index (χ0n) is 18.7. The van der Waals surface area contributed by atoms with Gasteiger partial charge in [-0.1, -0.05) is 38.0 Å². The molecule has 1 aliphatic carbocycles. The summed E-state index contributed by atoms with van der Waals surface area (Å²) in [5, 5.41) is 12.1. The highest BCUT2D eigenvalue weighted by Gasteiger charge is 2.28. The number of unbranched alkanes of at least 4 members (excludes halogenated alkanes) is 3. The minimum absolute atomic E-state index is 0.319. The van der Waals surface area contributed by atoms with Gasteiger partial charge in [-0.2, -0.15) is 5.26 Å². The van der Waals surface area contributed by atoms with Gasteiger partial charge in [0.25, 0.3) is 0 Å². The lowest BCUT2D eigenvalue weighted by Crippen LogP contribution is -2.39. The minimum Gasteiger partial charge on any atom is -0.343 e. The summed E-state index contributed by atoms with van der Waals surface area (Å²) in [6, 6.07) is 9.54. The maximum absolute atomic E-state index is 12.5. The molecule has 0 aliphatic heterocycles. The van der Waals surface area contributed by atoms with E-state index in [1.807, 2.05) is 19.0 Å². The average molecular weight is 398 g/mol. The van der Waals surface area contributed by atoms with Crippen LogP contribution < -0.4 is 5.32 Å². The molecule has 29 heavy (non-hydrogen) atoms. The minimum atomic E-state index is 0.319. The number of rotatable bonds is 11. The Morgan fingerprint density at radius 1 is 1.21 bits per heavy atom. The van der Waals surface area contributed by atoms with Crippen molar-refractivity contribution in [1.29, 1.82) is 5.26 Å². The first kappa shape index (κ1) is 23.4. The summed E-state index contributed by atoms with van der Waals surface area (Å²) in [7, 11) is 4.00. The van der Waals surface area contributed by atoms with E-state index in [0.717, 1.165) is 64.3 Å². The van der Waals surface area contributed by atoms with Gasteiger partial charge in [0.05, 0.1) is 6.07 Å². The van der Waals surface area contributed by atoms with Crippen LogP contribution in [0.5, 0.6) is 0 Å². The molecule has 4 nitrogen and oxygen atoms in total. The molecule has 1 saturated carbocycles. The summed E-state index contributed by atoms with van der Waals surface area (Å²) in [4.78, 5) is 14.5. The average Bonchev–Trinajstić information content (AvgIpc) is 2.74. The summed E-state index contributed by atoms with van der Waals surface area (Å²) in [5.41, 5.74) is 4.20. The van der Waals surface area contributed by atoms with Gasteiger partial charge in [-0.15, -0.1) is 0 Å². The predicted octanol–water partition coefficient (Wildman–Crippen LogP) is 5.32. The van der Waals surface area contributed by atoms with Crippen LogP contribution in [0.1, 0.15) is 93.7 Å². The Balaban J connectivity index is 1.95. The lowest BCUT2D eigenvalue weighted by molar-refractivity contribution is -0.132. The Morgan fingerprint density at radius 3 is 2.62 bits per heavy atom. The maximum Gasteiger partial charge on any atom is 0.222 e. The predicted molar refractivity (Wildman–Crippen MR) is 120 cm³/mol. The Hall–Kier alpha value is -1.86. The number of hydrogen-bond donors (Lipinski definition) is 1. The molecule has 0 radical (unpaired) electrons. The molecule has 1 aliphatic rings. The third-order valence-electron chi connectivity index (χ3n) is 6.40. The Labute approximate surface area is 177 Å². The molecule has 1 aromatic carbocycles. The van der Waals surface area contributed by atoms with E-state index in [0.29, 0.717) is 30.7 Å². The Kier molecular flexibility index (Phi) is 10.2. The molecule has 160 valence electrons. The van der Waals surface area contributed by atoms with Gasteiger partial charge < -0.3 is 10.2 Å².